The van der Waals surface area contributed by atoms with Crippen molar-refractivity contribution >= 4 is 11.6 Å². The van der Waals surface area contributed by atoms with Crippen molar-refractivity contribution in [3.8, 4) is 5.69 Å². The summed E-state index contributed by atoms with van der Waals surface area (Å²) in [5.74, 6) is -0.642. The summed E-state index contributed by atoms with van der Waals surface area (Å²) in [5.41, 5.74) is -6.48. The van der Waals surface area contributed by atoms with Gasteiger partial charge in [0.1, 0.15) is 12.7 Å². The molecule has 0 atom stereocenters. The summed E-state index contributed by atoms with van der Waals surface area (Å²) in [5, 5.41) is 6.48. The fourth-order valence-electron chi connectivity index (χ4n) is 3.49. The third-order valence-electron chi connectivity index (χ3n) is 5.17. The number of nitrogens with one attached hydrogen (secondary N) is 1. The highest BCUT2D eigenvalue weighted by Gasteiger charge is 2.73. The van der Waals surface area contributed by atoms with Crippen LogP contribution in [-0.4, -0.2) is 33.0 Å². The maximum atomic E-state index is 14.6. The summed E-state index contributed by atoms with van der Waals surface area (Å²) in [6, 6.07) is 7.07. The van der Waals surface area contributed by atoms with E-state index in [0.29, 0.717) is 24.2 Å². The normalized spacial score (nSPS) is 12.6. The SMILES string of the molecule is CCCc1cc(C(F)(C(F)(F)F)C(F)(F)F)cc(C)c1NC(=O)c1ccc(-n2cncn2)cc1. The number of halogens is 7. The van der Waals surface area contributed by atoms with Gasteiger partial charge in [-0.25, -0.2) is 14.1 Å². The predicted octanol–water partition coefficient (Wildman–Crippen LogP) is 6.07. The first-order valence-electron chi connectivity index (χ1n) is 10.0. The average molecular weight is 488 g/mol. The molecule has 0 aliphatic carbocycles. The molecule has 1 amide bonds. The van der Waals surface area contributed by atoms with Gasteiger partial charge < -0.3 is 5.32 Å². The third kappa shape index (κ3) is 4.62. The molecule has 2 aromatic carbocycles. The zero-order chi connectivity index (χ0) is 25.3. The molecule has 0 spiro atoms. The third-order valence-corrected chi connectivity index (χ3v) is 5.17. The van der Waals surface area contributed by atoms with E-state index in [4.69, 9.17) is 0 Å². The molecule has 0 saturated carbocycles. The molecule has 0 radical (unpaired) electrons. The number of hydrogen-bond acceptors (Lipinski definition) is 3. The molecule has 5 nitrogen and oxygen atoms in total. The van der Waals surface area contributed by atoms with Gasteiger partial charge in [-0.1, -0.05) is 19.4 Å². The Kier molecular flexibility index (Phi) is 6.72. The number of benzene rings is 2. The molecule has 0 aliphatic heterocycles. The Balaban J connectivity index is 1.98. The molecular formula is C22H19F7N4O. The van der Waals surface area contributed by atoms with Crippen LogP contribution in [-0.2, 0) is 12.1 Å². The predicted molar refractivity (Wildman–Crippen MR) is 109 cm³/mol. The van der Waals surface area contributed by atoms with Crippen LogP contribution in [0.1, 0.15) is 40.4 Å². The summed E-state index contributed by atoms with van der Waals surface area (Å²) >= 11 is 0. The molecule has 34 heavy (non-hydrogen) atoms. The topological polar surface area (TPSA) is 59.8 Å². The summed E-state index contributed by atoms with van der Waals surface area (Å²) < 4.78 is 95.4. The second-order valence-corrected chi connectivity index (χ2v) is 7.57. The van der Waals surface area contributed by atoms with E-state index in [-0.39, 0.29) is 28.8 Å². The van der Waals surface area contributed by atoms with Gasteiger partial charge in [0, 0.05) is 16.8 Å². The summed E-state index contributed by atoms with van der Waals surface area (Å²) in [4.78, 5) is 16.5. The van der Waals surface area contributed by atoms with Crippen molar-refractivity contribution in [2.24, 2.45) is 0 Å². The molecule has 182 valence electrons. The van der Waals surface area contributed by atoms with Gasteiger partial charge in [-0.05, 0) is 54.8 Å². The van der Waals surface area contributed by atoms with E-state index >= 15 is 0 Å². The molecule has 0 unspecified atom stereocenters. The van der Waals surface area contributed by atoms with Crippen molar-refractivity contribution in [1.82, 2.24) is 14.8 Å². The van der Waals surface area contributed by atoms with Crippen molar-refractivity contribution < 1.29 is 35.5 Å². The summed E-state index contributed by atoms with van der Waals surface area (Å²) in [7, 11) is 0. The van der Waals surface area contributed by atoms with Gasteiger partial charge in [-0.3, -0.25) is 4.79 Å². The minimum absolute atomic E-state index is 0.0152. The van der Waals surface area contributed by atoms with E-state index in [0.717, 1.165) is 0 Å². The molecule has 3 rings (SSSR count). The quantitative estimate of drug-likeness (QED) is 0.429. The highest BCUT2D eigenvalue weighted by molar-refractivity contribution is 6.05. The number of alkyl halides is 7. The second-order valence-electron chi connectivity index (χ2n) is 7.57. The molecule has 0 aliphatic rings. The Morgan fingerprint density at radius 3 is 2.12 bits per heavy atom. The number of carbonyl (C=O) groups excluding carboxylic acids is 1. The molecule has 0 bridgehead atoms. The van der Waals surface area contributed by atoms with Crippen molar-refractivity contribution in [2.45, 2.75) is 44.7 Å². The molecular weight excluding hydrogens is 469 g/mol. The lowest BCUT2D eigenvalue weighted by Gasteiger charge is -2.31. The molecule has 3 aromatic rings. The Morgan fingerprint density at radius 2 is 1.62 bits per heavy atom. The Hall–Kier alpha value is -3.44. The zero-order valence-electron chi connectivity index (χ0n) is 17.9. The summed E-state index contributed by atoms with van der Waals surface area (Å²) in [6.45, 7) is 2.85. The second kappa shape index (κ2) is 9.07. The van der Waals surface area contributed by atoms with E-state index in [2.05, 4.69) is 15.4 Å². The van der Waals surface area contributed by atoms with Crippen LogP contribution in [0, 0.1) is 6.92 Å². The van der Waals surface area contributed by atoms with Gasteiger partial charge in [-0.15, -0.1) is 0 Å². The average Bonchev–Trinajstić information content (AvgIpc) is 3.29. The van der Waals surface area contributed by atoms with E-state index in [1.165, 1.54) is 36.4 Å². The fourth-order valence-corrected chi connectivity index (χ4v) is 3.49. The maximum absolute atomic E-state index is 14.6. The number of aromatic nitrogens is 3. The standard InChI is InChI=1S/C22H19F7N4O/c1-3-4-15-10-16(20(23,21(24,25)26)22(27,28)29)9-13(2)18(15)32-19(34)14-5-7-17(8-6-14)33-12-30-11-31-33/h5-12H,3-4H2,1-2H3,(H,32,34). The van der Waals surface area contributed by atoms with Gasteiger partial charge in [0.15, 0.2) is 0 Å². The van der Waals surface area contributed by atoms with E-state index in [1.807, 2.05) is 0 Å². The van der Waals surface area contributed by atoms with Crippen LogP contribution in [0.2, 0.25) is 0 Å². The largest absolute Gasteiger partial charge is 0.435 e. The van der Waals surface area contributed by atoms with E-state index in [9.17, 15) is 35.5 Å². The molecule has 1 heterocycles. The maximum Gasteiger partial charge on any atom is 0.435 e. The number of anilines is 1. The van der Waals surface area contributed by atoms with Gasteiger partial charge in [0.25, 0.3) is 5.91 Å². The van der Waals surface area contributed by atoms with Crippen molar-refractivity contribution in [2.75, 3.05) is 5.32 Å². The minimum atomic E-state index is -6.22. The van der Waals surface area contributed by atoms with Gasteiger partial charge >= 0.3 is 18.0 Å². The first kappa shape index (κ1) is 25.2. The zero-order valence-corrected chi connectivity index (χ0v) is 17.9. The van der Waals surface area contributed by atoms with Gasteiger partial charge in [-0.2, -0.15) is 31.4 Å². The van der Waals surface area contributed by atoms with Crippen molar-refractivity contribution in [1.29, 1.82) is 0 Å². The first-order valence-corrected chi connectivity index (χ1v) is 10.0. The summed E-state index contributed by atoms with van der Waals surface area (Å²) in [6.07, 6.45) is -9.33. The van der Waals surface area contributed by atoms with Crippen LogP contribution in [0.4, 0.5) is 36.4 Å². The van der Waals surface area contributed by atoms with Crippen LogP contribution in [0.15, 0.2) is 49.1 Å². The number of carbonyl (C=O) groups is 1. The lowest BCUT2D eigenvalue weighted by atomic mass is 9.89. The molecule has 0 fully saturated rings. The van der Waals surface area contributed by atoms with Crippen molar-refractivity contribution in [3.63, 3.8) is 0 Å². The van der Waals surface area contributed by atoms with Crippen LogP contribution in [0.25, 0.3) is 5.69 Å². The number of amides is 1. The molecule has 1 N–H and O–H groups in total. The molecule has 1 aromatic heterocycles. The Bertz CT molecular complexity index is 1140. The van der Waals surface area contributed by atoms with Gasteiger partial charge in [0.05, 0.1) is 5.69 Å². The minimum Gasteiger partial charge on any atom is -0.321 e. The highest BCUT2D eigenvalue weighted by Crippen LogP contribution is 2.53. The van der Waals surface area contributed by atoms with Crippen LogP contribution < -0.4 is 5.32 Å². The lowest BCUT2D eigenvalue weighted by Crippen LogP contribution is -2.50. The lowest BCUT2D eigenvalue weighted by molar-refractivity contribution is -0.348. The van der Waals surface area contributed by atoms with Crippen molar-refractivity contribution in [3.05, 3.63) is 71.3 Å². The first-order chi connectivity index (χ1) is 15.8. The van der Waals surface area contributed by atoms with Crippen LogP contribution in [0.5, 0.6) is 0 Å². The fraction of sp³-hybridized carbons (Fsp3) is 0.318. The smallest absolute Gasteiger partial charge is 0.321 e. The Labute approximate surface area is 189 Å². The van der Waals surface area contributed by atoms with Gasteiger partial charge in [0.2, 0.25) is 0 Å². The molecule has 12 heteroatoms. The number of nitrogens with zero attached hydrogens (tertiary/aromatic N) is 3. The van der Waals surface area contributed by atoms with Crippen LogP contribution >= 0.6 is 0 Å². The van der Waals surface area contributed by atoms with E-state index in [1.54, 1.807) is 19.1 Å². The molecule has 0 saturated heterocycles. The monoisotopic (exact) mass is 488 g/mol. The number of aryl methyl sites for hydroxylation is 2. The highest BCUT2D eigenvalue weighted by atomic mass is 19.4. The van der Waals surface area contributed by atoms with E-state index < -0.39 is 29.5 Å². The Morgan fingerprint density at radius 1 is 1.00 bits per heavy atom. The number of rotatable bonds is 6. The van der Waals surface area contributed by atoms with Crippen LogP contribution in [0.3, 0.4) is 0 Å². The number of hydrogen-bond donors (Lipinski definition) is 1.